The normalized spacial score (nSPS) is 10.9. The number of nitrogens with one attached hydrogen (secondary N) is 1. The van der Waals surface area contributed by atoms with Gasteiger partial charge in [-0.15, -0.1) is 0 Å². The summed E-state index contributed by atoms with van der Waals surface area (Å²) in [5, 5.41) is 2.62. The fourth-order valence-corrected chi connectivity index (χ4v) is 2.84. The number of benzene rings is 1. The highest BCUT2D eigenvalue weighted by Crippen LogP contribution is 2.30. The number of hydrogen-bond acceptors (Lipinski definition) is 4. The van der Waals surface area contributed by atoms with Crippen molar-refractivity contribution in [3.8, 4) is 11.6 Å². The van der Waals surface area contributed by atoms with Crippen LogP contribution in [0.15, 0.2) is 53.4 Å². The summed E-state index contributed by atoms with van der Waals surface area (Å²) in [5.41, 5.74) is 0.149. The molecule has 1 aromatic carbocycles. The molecule has 0 spiro atoms. The number of amides is 1. The van der Waals surface area contributed by atoms with Gasteiger partial charge in [-0.05, 0) is 46.3 Å². The van der Waals surface area contributed by atoms with Gasteiger partial charge in [0.15, 0.2) is 0 Å². The summed E-state index contributed by atoms with van der Waals surface area (Å²) in [6.45, 7) is -2.60. The Labute approximate surface area is 166 Å². The van der Waals surface area contributed by atoms with E-state index >= 15 is 0 Å². The molecule has 3 rings (SSSR count). The van der Waals surface area contributed by atoms with Gasteiger partial charge >= 0.3 is 6.55 Å². The lowest BCUT2D eigenvalue weighted by Crippen LogP contribution is -2.27. The Kier molecular flexibility index (Phi) is 6.30. The number of imidazole rings is 1. The minimum absolute atomic E-state index is 0.0291. The molecule has 1 amide bonds. The molecule has 146 valence electrons. The van der Waals surface area contributed by atoms with Crippen LogP contribution >= 0.6 is 15.9 Å². The van der Waals surface area contributed by atoms with Crippen molar-refractivity contribution in [2.75, 3.05) is 6.54 Å². The van der Waals surface area contributed by atoms with Crippen LogP contribution in [-0.2, 0) is 6.42 Å². The number of halogens is 4. The number of pyridine rings is 1. The lowest BCUT2D eigenvalue weighted by molar-refractivity contribution is 0.0670. The van der Waals surface area contributed by atoms with Gasteiger partial charge in [-0.25, -0.2) is 14.4 Å². The molecule has 3 aromatic rings. The van der Waals surface area contributed by atoms with Crippen LogP contribution in [0.5, 0.6) is 11.6 Å². The number of carbonyl (C=O) groups is 1. The average Bonchev–Trinajstić information content (AvgIpc) is 3.13. The molecule has 0 saturated carbocycles. The molecule has 0 unspecified atom stereocenters. The van der Waals surface area contributed by atoms with Crippen molar-refractivity contribution >= 4 is 21.8 Å². The van der Waals surface area contributed by atoms with Crippen molar-refractivity contribution in [3.63, 3.8) is 0 Å². The lowest BCUT2D eigenvalue weighted by Gasteiger charge is -2.11. The Balaban J connectivity index is 1.68. The molecule has 0 aliphatic heterocycles. The summed E-state index contributed by atoms with van der Waals surface area (Å²) in [6.07, 6.45) is 4.03. The third-order valence-electron chi connectivity index (χ3n) is 3.71. The Morgan fingerprint density at radius 1 is 1.25 bits per heavy atom. The van der Waals surface area contributed by atoms with Crippen molar-refractivity contribution in [2.45, 2.75) is 13.0 Å². The molecule has 0 bridgehead atoms. The molecule has 0 atom stereocenters. The minimum atomic E-state index is -2.69. The van der Waals surface area contributed by atoms with E-state index < -0.39 is 18.3 Å². The van der Waals surface area contributed by atoms with Gasteiger partial charge in [0, 0.05) is 31.6 Å². The van der Waals surface area contributed by atoms with Crippen LogP contribution < -0.4 is 10.1 Å². The zero-order chi connectivity index (χ0) is 20.1. The Hall–Kier alpha value is -2.88. The van der Waals surface area contributed by atoms with Crippen LogP contribution in [-0.4, -0.2) is 27.0 Å². The minimum Gasteiger partial charge on any atom is -0.437 e. The van der Waals surface area contributed by atoms with Crippen LogP contribution in [0, 0.1) is 5.82 Å². The molecule has 10 heteroatoms. The van der Waals surface area contributed by atoms with Crippen molar-refractivity contribution < 1.29 is 22.7 Å². The third kappa shape index (κ3) is 4.69. The van der Waals surface area contributed by atoms with E-state index in [0.717, 1.165) is 4.57 Å². The number of nitrogens with zero attached hydrogens (tertiary/aromatic N) is 3. The lowest BCUT2D eigenvalue weighted by atomic mass is 10.2. The Bertz CT molecular complexity index is 981. The number of aromatic nitrogens is 3. The molecule has 2 aromatic heterocycles. The fourth-order valence-electron chi connectivity index (χ4n) is 2.41. The fraction of sp³-hybridized carbons (Fsp3) is 0.167. The largest absolute Gasteiger partial charge is 0.437 e. The van der Waals surface area contributed by atoms with E-state index in [2.05, 4.69) is 31.2 Å². The molecule has 0 aliphatic carbocycles. The maximum Gasteiger partial charge on any atom is 0.319 e. The maximum atomic E-state index is 13.2. The molecule has 1 N–H and O–H groups in total. The number of alkyl halides is 2. The van der Waals surface area contributed by atoms with Crippen molar-refractivity contribution in [3.05, 3.63) is 70.6 Å². The molecular weight excluding hydrogens is 441 g/mol. The number of carbonyl (C=O) groups excluding carboxylic acids is 1. The second-order valence-corrected chi connectivity index (χ2v) is 6.42. The van der Waals surface area contributed by atoms with Crippen LogP contribution in [0.2, 0.25) is 0 Å². The monoisotopic (exact) mass is 454 g/mol. The highest BCUT2D eigenvalue weighted by Gasteiger charge is 2.16. The van der Waals surface area contributed by atoms with Crippen LogP contribution in [0.1, 0.15) is 22.7 Å². The highest BCUT2D eigenvalue weighted by molar-refractivity contribution is 9.10. The van der Waals surface area contributed by atoms with Crippen LogP contribution in [0.4, 0.5) is 13.2 Å². The Morgan fingerprint density at radius 3 is 2.82 bits per heavy atom. The summed E-state index contributed by atoms with van der Waals surface area (Å²) in [7, 11) is 0. The van der Waals surface area contributed by atoms with Gasteiger partial charge in [0.25, 0.3) is 5.91 Å². The highest BCUT2D eigenvalue weighted by atomic mass is 79.9. The topological polar surface area (TPSA) is 69.0 Å². The zero-order valence-electron chi connectivity index (χ0n) is 14.3. The van der Waals surface area contributed by atoms with E-state index in [1.165, 1.54) is 42.9 Å². The molecule has 6 nitrogen and oxygen atoms in total. The number of ether oxygens (including phenoxy) is 1. The standard InChI is InChI=1S/C18H14BrF3N4O2/c19-13-10-11(20)3-4-14(13)28-17-12(2-1-6-25-17)16(27)24-7-5-15-23-8-9-26(15)18(21)22/h1-4,6,8-10,18H,5,7H2,(H,24,27). The van der Waals surface area contributed by atoms with Crippen LogP contribution in [0.3, 0.4) is 0 Å². The predicted molar refractivity (Wildman–Crippen MR) is 97.9 cm³/mol. The van der Waals surface area contributed by atoms with Crippen molar-refractivity contribution in [1.82, 2.24) is 19.9 Å². The second-order valence-electron chi connectivity index (χ2n) is 5.57. The maximum absolute atomic E-state index is 13.2. The van der Waals surface area contributed by atoms with E-state index in [4.69, 9.17) is 4.74 Å². The van der Waals surface area contributed by atoms with Gasteiger partial charge in [-0.3, -0.25) is 9.36 Å². The van der Waals surface area contributed by atoms with Gasteiger partial charge in [0.2, 0.25) is 5.88 Å². The SMILES string of the molecule is O=C(NCCc1nccn1C(F)F)c1cccnc1Oc1ccc(F)cc1Br. The van der Waals surface area contributed by atoms with Gasteiger partial charge in [0.05, 0.1) is 4.47 Å². The Morgan fingerprint density at radius 2 is 2.07 bits per heavy atom. The quantitative estimate of drug-likeness (QED) is 0.576. The third-order valence-corrected chi connectivity index (χ3v) is 4.33. The summed E-state index contributed by atoms with van der Waals surface area (Å²) in [5.74, 6) is -0.459. The summed E-state index contributed by atoms with van der Waals surface area (Å²) >= 11 is 3.18. The molecule has 0 aliphatic rings. The predicted octanol–water partition coefficient (Wildman–Crippen LogP) is 4.34. The summed E-state index contributed by atoms with van der Waals surface area (Å²) in [6, 6.07) is 6.91. The van der Waals surface area contributed by atoms with Gasteiger partial charge in [-0.1, -0.05) is 0 Å². The molecule has 0 radical (unpaired) electrons. The smallest absolute Gasteiger partial charge is 0.319 e. The zero-order valence-corrected chi connectivity index (χ0v) is 15.9. The van der Waals surface area contributed by atoms with E-state index in [0.29, 0.717) is 4.47 Å². The van der Waals surface area contributed by atoms with Gasteiger partial charge in [-0.2, -0.15) is 8.78 Å². The first-order valence-corrected chi connectivity index (χ1v) is 8.91. The molecule has 28 heavy (non-hydrogen) atoms. The summed E-state index contributed by atoms with van der Waals surface area (Å²) < 4.78 is 45.5. The number of hydrogen-bond donors (Lipinski definition) is 1. The van der Waals surface area contributed by atoms with E-state index in [-0.39, 0.29) is 36.0 Å². The molecule has 0 saturated heterocycles. The number of rotatable bonds is 7. The first kappa shape index (κ1) is 19.9. The van der Waals surface area contributed by atoms with E-state index in [1.807, 2.05) is 0 Å². The van der Waals surface area contributed by atoms with Crippen molar-refractivity contribution in [2.24, 2.45) is 0 Å². The molecular formula is C18H14BrF3N4O2. The first-order chi connectivity index (χ1) is 13.5. The van der Waals surface area contributed by atoms with E-state index in [1.54, 1.807) is 6.07 Å². The average molecular weight is 455 g/mol. The van der Waals surface area contributed by atoms with E-state index in [9.17, 15) is 18.0 Å². The van der Waals surface area contributed by atoms with Gasteiger partial charge < -0.3 is 10.1 Å². The second kappa shape index (κ2) is 8.87. The summed E-state index contributed by atoms with van der Waals surface area (Å²) in [4.78, 5) is 20.4. The molecule has 0 fully saturated rings. The van der Waals surface area contributed by atoms with Crippen molar-refractivity contribution in [1.29, 1.82) is 0 Å². The molecule has 2 heterocycles. The van der Waals surface area contributed by atoms with Crippen LogP contribution in [0.25, 0.3) is 0 Å². The van der Waals surface area contributed by atoms with Gasteiger partial charge in [0.1, 0.15) is 23.0 Å². The first-order valence-electron chi connectivity index (χ1n) is 8.11.